The van der Waals surface area contributed by atoms with Crippen LogP contribution in [0, 0.1) is 0 Å². The Morgan fingerprint density at radius 2 is 1.33 bits per heavy atom. The van der Waals surface area contributed by atoms with Gasteiger partial charge in [0.05, 0.1) is 6.61 Å². The number of esters is 2. The van der Waals surface area contributed by atoms with Crippen molar-refractivity contribution in [1.82, 2.24) is 0 Å². The summed E-state index contributed by atoms with van der Waals surface area (Å²) in [7, 11) is 0. The Balaban J connectivity index is 0. The predicted octanol–water partition coefficient (Wildman–Crippen LogP) is 3.80. The molecule has 0 aromatic carbocycles. The number of hydrogen-bond donors (Lipinski definition) is 2. The molecule has 1 atom stereocenters. The molecule has 2 N–H and O–H groups in total. The standard InChI is InChI=1S/C21H38O5.Na.H/c1-2-3-4-5-6-7-8-9-10-11-12-13-14-15-16-17-20(24)26-21(25)19(23)18-22;;/h9-10,19,22-23H,2-8,11-18H2,1H3;;/b10-9-;;. The molecule has 0 bridgehead atoms. The van der Waals surface area contributed by atoms with Crippen LogP contribution in [0.3, 0.4) is 0 Å². The topological polar surface area (TPSA) is 83.8 Å². The van der Waals surface area contributed by atoms with E-state index in [4.69, 9.17) is 10.2 Å². The first kappa shape index (κ1) is 29.0. The van der Waals surface area contributed by atoms with Crippen molar-refractivity contribution in [3.63, 3.8) is 0 Å². The van der Waals surface area contributed by atoms with E-state index in [1.807, 2.05) is 0 Å². The van der Waals surface area contributed by atoms with E-state index < -0.39 is 24.6 Å². The molecule has 0 aromatic rings. The fourth-order valence-electron chi connectivity index (χ4n) is 2.65. The normalized spacial score (nSPS) is 12.0. The zero-order valence-corrected chi connectivity index (χ0v) is 16.5. The molecule has 0 aliphatic rings. The quantitative estimate of drug-likeness (QED) is 0.129. The molecule has 154 valence electrons. The van der Waals surface area contributed by atoms with Crippen molar-refractivity contribution >= 4 is 41.5 Å². The number of hydrogen-bond acceptors (Lipinski definition) is 5. The van der Waals surface area contributed by atoms with Crippen LogP contribution in [-0.2, 0) is 14.3 Å². The van der Waals surface area contributed by atoms with Crippen LogP contribution in [-0.4, -0.2) is 64.4 Å². The van der Waals surface area contributed by atoms with Crippen molar-refractivity contribution in [3.8, 4) is 0 Å². The molecule has 0 radical (unpaired) electrons. The van der Waals surface area contributed by atoms with Gasteiger partial charge in [0, 0.05) is 6.42 Å². The van der Waals surface area contributed by atoms with E-state index in [9.17, 15) is 9.59 Å². The van der Waals surface area contributed by atoms with Gasteiger partial charge < -0.3 is 14.9 Å². The molecule has 0 aliphatic carbocycles. The van der Waals surface area contributed by atoms with Crippen LogP contribution in [0.4, 0.5) is 0 Å². The summed E-state index contributed by atoms with van der Waals surface area (Å²) in [5.41, 5.74) is 0. The Morgan fingerprint density at radius 1 is 0.852 bits per heavy atom. The van der Waals surface area contributed by atoms with Gasteiger partial charge >= 0.3 is 41.5 Å². The summed E-state index contributed by atoms with van der Waals surface area (Å²) in [4.78, 5) is 22.4. The van der Waals surface area contributed by atoms with E-state index in [0.717, 1.165) is 25.7 Å². The molecular formula is C21H39NaO5. The Labute approximate surface area is 187 Å². The summed E-state index contributed by atoms with van der Waals surface area (Å²) >= 11 is 0. The zero-order valence-electron chi connectivity index (χ0n) is 16.5. The van der Waals surface area contributed by atoms with Crippen molar-refractivity contribution in [2.24, 2.45) is 0 Å². The predicted molar refractivity (Wildman–Crippen MR) is 111 cm³/mol. The number of aliphatic hydroxyl groups is 2. The summed E-state index contributed by atoms with van der Waals surface area (Å²) in [6.07, 6.45) is 18.4. The minimum absolute atomic E-state index is 0. The molecule has 6 heteroatoms. The molecule has 0 amide bonds. The van der Waals surface area contributed by atoms with Crippen molar-refractivity contribution in [2.75, 3.05) is 6.61 Å². The molecule has 0 aliphatic heterocycles. The molecule has 0 fully saturated rings. The van der Waals surface area contributed by atoms with Crippen LogP contribution in [0.25, 0.3) is 0 Å². The van der Waals surface area contributed by atoms with Gasteiger partial charge in [-0.2, -0.15) is 0 Å². The van der Waals surface area contributed by atoms with E-state index in [1.165, 1.54) is 51.4 Å². The number of aliphatic hydroxyl groups excluding tert-OH is 2. The molecular weight excluding hydrogens is 355 g/mol. The Morgan fingerprint density at radius 3 is 1.85 bits per heavy atom. The van der Waals surface area contributed by atoms with E-state index in [1.54, 1.807) is 0 Å². The van der Waals surface area contributed by atoms with Gasteiger partial charge in [-0.05, 0) is 32.1 Å². The number of ether oxygens (including phenoxy) is 1. The average molecular weight is 395 g/mol. The van der Waals surface area contributed by atoms with Gasteiger partial charge in [-0.15, -0.1) is 0 Å². The first-order chi connectivity index (χ1) is 12.6. The molecule has 0 saturated carbocycles. The van der Waals surface area contributed by atoms with Crippen LogP contribution >= 0.6 is 0 Å². The van der Waals surface area contributed by atoms with Crippen LogP contribution in [0.5, 0.6) is 0 Å². The molecule has 0 rings (SSSR count). The number of carbonyl (C=O) groups excluding carboxylic acids is 2. The Kier molecular flexibility index (Phi) is 23.7. The third-order valence-corrected chi connectivity index (χ3v) is 4.30. The maximum atomic E-state index is 11.4. The maximum absolute atomic E-state index is 11.4. The van der Waals surface area contributed by atoms with Gasteiger partial charge in [0.1, 0.15) is 0 Å². The van der Waals surface area contributed by atoms with Gasteiger partial charge in [0.15, 0.2) is 6.10 Å². The Bertz CT molecular complexity index is 385. The fourth-order valence-corrected chi connectivity index (χ4v) is 2.65. The molecule has 1 unspecified atom stereocenters. The van der Waals surface area contributed by atoms with Gasteiger partial charge in [-0.25, -0.2) is 4.79 Å². The van der Waals surface area contributed by atoms with Crippen LogP contribution < -0.4 is 0 Å². The van der Waals surface area contributed by atoms with E-state index >= 15 is 0 Å². The van der Waals surface area contributed by atoms with Crippen molar-refractivity contribution in [1.29, 1.82) is 0 Å². The molecule has 5 nitrogen and oxygen atoms in total. The van der Waals surface area contributed by atoms with Gasteiger partial charge in [0.2, 0.25) is 0 Å². The Hall–Kier alpha value is -0.200. The molecule has 0 aromatic heterocycles. The summed E-state index contributed by atoms with van der Waals surface area (Å²) < 4.78 is 4.43. The van der Waals surface area contributed by atoms with Crippen molar-refractivity contribution < 1.29 is 24.5 Å². The van der Waals surface area contributed by atoms with Crippen LogP contribution in [0.2, 0.25) is 0 Å². The summed E-state index contributed by atoms with van der Waals surface area (Å²) in [5.74, 6) is -1.72. The van der Waals surface area contributed by atoms with E-state index in [0.29, 0.717) is 6.42 Å². The monoisotopic (exact) mass is 394 g/mol. The second-order valence-corrected chi connectivity index (χ2v) is 6.83. The third kappa shape index (κ3) is 20.3. The fraction of sp³-hybridized carbons (Fsp3) is 0.810. The first-order valence-corrected chi connectivity index (χ1v) is 10.3. The molecule has 0 saturated heterocycles. The van der Waals surface area contributed by atoms with E-state index in [-0.39, 0.29) is 36.0 Å². The molecule has 0 spiro atoms. The van der Waals surface area contributed by atoms with Crippen molar-refractivity contribution in [3.05, 3.63) is 12.2 Å². The molecule has 27 heavy (non-hydrogen) atoms. The number of carbonyl (C=O) groups is 2. The second kappa shape index (κ2) is 22.1. The average Bonchev–Trinajstić information content (AvgIpc) is 2.64. The van der Waals surface area contributed by atoms with Gasteiger partial charge in [-0.1, -0.05) is 70.4 Å². The second-order valence-electron chi connectivity index (χ2n) is 6.83. The summed E-state index contributed by atoms with van der Waals surface area (Å²) in [6.45, 7) is 1.51. The van der Waals surface area contributed by atoms with E-state index in [2.05, 4.69) is 23.8 Å². The van der Waals surface area contributed by atoms with Crippen LogP contribution in [0.15, 0.2) is 12.2 Å². The zero-order chi connectivity index (χ0) is 19.5. The number of allylic oxidation sites excluding steroid dienone is 2. The van der Waals surface area contributed by atoms with Crippen LogP contribution in [0.1, 0.15) is 96.8 Å². The number of unbranched alkanes of at least 4 members (excludes halogenated alkanes) is 11. The van der Waals surface area contributed by atoms with Gasteiger partial charge in [-0.3, -0.25) is 4.79 Å². The first-order valence-electron chi connectivity index (χ1n) is 10.3. The number of rotatable bonds is 17. The summed E-state index contributed by atoms with van der Waals surface area (Å²) in [5, 5.41) is 17.6. The summed E-state index contributed by atoms with van der Waals surface area (Å²) in [6, 6.07) is 0. The third-order valence-electron chi connectivity index (χ3n) is 4.30. The van der Waals surface area contributed by atoms with Crippen molar-refractivity contribution in [2.45, 2.75) is 103 Å². The SMILES string of the molecule is CCCCCCCC/C=C\CCCCCCCC(=O)OC(=O)C(O)CO.[NaH]. The molecule has 0 heterocycles. The van der Waals surface area contributed by atoms with Gasteiger partial charge in [0.25, 0.3) is 0 Å². The minimum atomic E-state index is -1.63.